The number of nitrogens with zero attached hydrogens (tertiary/aromatic N) is 5. The van der Waals surface area contributed by atoms with Gasteiger partial charge in [0.1, 0.15) is 12.0 Å². The van der Waals surface area contributed by atoms with Crippen LogP contribution in [-0.4, -0.2) is 54.5 Å². The predicted molar refractivity (Wildman–Crippen MR) is 123 cm³/mol. The van der Waals surface area contributed by atoms with E-state index in [1.807, 2.05) is 12.1 Å². The van der Waals surface area contributed by atoms with E-state index >= 15 is 0 Å². The Kier molecular flexibility index (Phi) is 6.47. The van der Waals surface area contributed by atoms with Crippen LogP contribution in [0.5, 0.6) is 0 Å². The molecule has 0 bridgehead atoms. The van der Waals surface area contributed by atoms with E-state index in [0.29, 0.717) is 44.0 Å². The number of hydrogen-bond donors (Lipinski definition) is 1. The molecule has 4 rings (SSSR count). The number of benzene rings is 1. The maximum Gasteiger partial charge on any atom is 0.199 e. The van der Waals surface area contributed by atoms with Gasteiger partial charge in [-0.25, -0.2) is 14.5 Å². The van der Waals surface area contributed by atoms with Crippen molar-refractivity contribution < 1.29 is 4.74 Å². The van der Waals surface area contributed by atoms with Crippen LogP contribution in [0.2, 0.25) is 15.6 Å². The average Bonchev–Trinajstić information content (AvgIpc) is 3.19. The topological polar surface area (TPSA) is 81.6 Å². The van der Waals surface area contributed by atoms with Crippen LogP contribution in [0.25, 0.3) is 16.9 Å². The molecule has 10 heteroatoms. The van der Waals surface area contributed by atoms with Crippen LogP contribution in [0.4, 0.5) is 11.6 Å². The molecule has 30 heavy (non-hydrogen) atoms. The van der Waals surface area contributed by atoms with Crippen LogP contribution < -0.4 is 10.6 Å². The fourth-order valence-corrected chi connectivity index (χ4v) is 5.46. The summed E-state index contributed by atoms with van der Waals surface area (Å²) in [4.78, 5) is 11.5. The molecule has 2 aromatic heterocycles. The van der Waals surface area contributed by atoms with E-state index in [-0.39, 0.29) is 0 Å². The summed E-state index contributed by atoms with van der Waals surface area (Å²) in [6, 6.07) is 5.42. The summed E-state index contributed by atoms with van der Waals surface area (Å²) >= 11 is 12.7. The van der Waals surface area contributed by atoms with Crippen LogP contribution in [-0.2, 0) is 4.74 Å². The zero-order valence-corrected chi connectivity index (χ0v) is 19.5. The smallest absolute Gasteiger partial charge is 0.199 e. The van der Waals surface area contributed by atoms with Crippen molar-refractivity contribution in [1.29, 1.82) is 0 Å². The molecule has 1 aliphatic rings. The molecule has 7 nitrogen and oxygen atoms in total. The van der Waals surface area contributed by atoms with Gasteiger partial charge in [0.05, 0.1) is 19.6 Å². The number of fused-ring (bicyclic) bond motifs is 1. The third kappa shape index (κ3) is 4.27. The van der Waals surface area contributed by atoms with Crippen molar-refractivity contribution >= 4 is 50.0 Å². The lowest BCUT2D eigenvalue weighted by molar-refractivity contribution is 0.113. The zero-order chi connectivity index (χ0) is 21.3. The van der Waals surface area contributed by atoms with Gasteiger partial charge in [0.15, 0.2) is 17.3 Å². The van der Waals surface area contributed by atoms with Crippen molar-refractivity contribution in [3.05, 3.63) is 34.6 Å². The molecule has 0 amide bonds. The second-order valence-electron chi connectivity index (χ2n) is 7.48. The molecule has 3 heterocycles. The van der Waals surface area contributed by atoms with Gasteiger partial charge >= 0.3 is 0 Å². The SMILES string of the molecule is C[C@@H]1OCCCN(c2nc(N)c(-c3cccc(Cl)c3Cl)n3ncnc23)CC[C@H](C)[Si]1. The molecule has 0 spiro atoms. The number of ether oxygens (including phenoxy) is 1. The maximum atomic E-state index is 6.46. The molecule has 3 aromatic rings. The van der Waals surface area contributed by atoms with Crippen molar-refractivity contribution in [2.24, 2.45) is 0 Å². The van der Waals surface area contributed by atoms with E-state index in [2.05, 4.69) is 28.8 Å². The first-order valence-corrected chi connectivity index (χ1v) is 11.9. The van der Waals surface area contributed by atoms with Gasteiger partial charge in [-0.05, 0) is 31.4 Å². The average molecular weight is 463 g/mol. The summed E-state index contributed by atoms with van der Waals surface area (Å²) in [5, 5.41) is 5.28. The summed E-state index contributed by atoms with van der Waals surface area (Å²) in [5.41, 5.74) is 9.24. The Balaban J connectivity index is 1.76. The standard InChI is InChI=1S/C20H24Cl2N6OSi/c1-12-7-9-27(8-4-10-29-13(2)30-12)20-19-24-11-25-28(19)17(18(23)26-20)14-5-3-6-15(21)16(14)22/h3,5-6,11-13H,4,7-10,23H2,1-2H3/t12-,13+/m0/s1. The molecule has 1 fully saturated rings. The lowest BCUT2D eigenvalue weighted by Gasteiger charge is -2.28. The monoisotopic (exact) mass is 462 g/mol. The summed E-state index contributed by atoms with van der Waals surface area (Å²) in [7, 11) is 0.785. The maximum absolute atomic E-state index is 6.46. The third-order valence-corrected chi connectivity index (χ3v) is 7.54. The first kappa shape index (κ1) is 21.4. The van der Waals surface area contributed by atoms with Crippen LogP contribution in [0, 0.1) is 0 Å². The number of hydrogen-bond acceptors (Lipinski definition) is 6. The molecular formula is C20H24Cl2N6OSi. The number of aromatic nitrogens is 4. The number of halogens is 2. The minimum absolute atomic E-state index is 0.324. The Morgan fingerprint density at radius 2 is 2.07 bits per heavy atom. The van der Waals surface area contributed by atoms with Crippen molar-refractivity contribution in [3.8, 4) is 11.3 Å². The van der Waals surface area contributed by atoms with Gasteiger partial charge in [0, 0.05) is 31.0 Å². The minimum Gasteiger partial charge on any atom is -0.382 e. The molecular weight excluding hydrogens is 439 g/mol. The summed E-state index contributed by atoms with van der Waals surface area (Å²) in [5.74, 6) is 1.07. The van der Waals surface area contributed by atoms with Crippen LogP contribution in [0.1, 0.15) is 26.7 Å². The summed E-state index contributed by atoms with van der Waals surface area (Å²) < 4.78 is 7.66. The largest absolute Gasteiger partial charge is 0.382 e. The van der Waals surface area contributed by atoms with E-state index < -0.39 is 0 Å². The lowest BCUT2D eigenvalue weighted by atomic mass is 10.1. The first-order valence-electron chi connectivity index (χ1n) is 10.0. The summed E-state index contributed by atoms with van der Waals surface area (Å²) in [6.07, 6.45) is 3.47. The quantitative estimate of drug-likeness (QED) is 0.575. The van der Waals surface area contributed by atoms with Gasteiger partial charge in [-0.2, -0.15) is 5.10 Å². The number of nitrogens with two attached hydrogens (primary N) is 1. The Bertz CT molecular complexity index is 1050. The van der Waals surface area contributed by atoms with Crippen molar-refractivity contribution in [2.75, 3.05) is 30.3 Å². The highest BCUT2D eigenvalue weighted by atomic mass is 35.5. The highest BCUT2D eigenvalue weighted by molar-refractivity contribution is 6.43. The molecule has 2 N–H and O–H groups in total. The lowest BCUT2D eigenvalue weighted by Crippen LogP contribution is -2.33. The number of rotatable bonds is 2. The van der Waals surface area contributed by atoms with E-state index in [4.69, 9.17) is 38.7 Å². The Morgan fingerprint density at radius 1 is 1.23 bits per heavy atom. The van der Waals surface area contributed by atoms with Crippen LogP contribution >= 0.6 is 23.2 Å². The van der Waals surface area contributed by atoms with E-state index in [0.717, 1.165) is 47.9 Å². The van der Waals surface area contributed by atoms with Gasteiger partial charge < -0.3 is 15.4 Å². The highest BCUT2D eigenvalue weighted by Gasteiger charge is 2.23. The van der Waals surface area contributed by atoms with Crippen molar-refractivity contribution in [2.45, 2.75) is 38.0 Å². The van der Waals surface area contributed by atoms with E-state index in [1.165, 1.54) is 6.33 Å². The zero-order valence-electron chi connectivity index (χ0n) is 17.0. The molecule has 2 radical (unpaired) electrons. The highest BCUT2D eigenvalue weighted by Crippen LogP contribution is 2.37. The molecule has 158 valence electrons. The summed E-state index contributed by atoms with van der Waals surface area (Å²) in [6.45, 7) is 6.86. The van der Waals surface area contributed by atoms with Crippen LogP contribution in [0.15, 0.2) is 24.5 Å². The molecule has 1 aromatic carbocycles. The fraction of sp³-hybridized carbons (Fsp3) is 0.450. The Hall–Kier alpha value is -1.87. The molecule has 1 saturated heterocycles. The number of nitrogen functional groups attached to an aromatic ring is 1. The van der Waals surface area contributed by atoms with Gasteiger partial charge in [-0.1, -0.05) is 42.3 Å². The Labute approximate surface area is 188 Å². The molecule has 1 aliphatic heterocycles. The van der Waals surface area contributed by atoms with Crippen LogP contribution in [0.3, 0.4) is 0 Å². The van der Waals surface area contributed by atoms with E-state index in [9.17, 15) is 0 Å². The molecule has 0 unspecified atom stereocenters. The van der Waals surface area contributed by atoms with Gasteiger partial charge in [-0.3, -0.25) is 0 Å². The van der Waals surface area contributed by atoms with Gasteiger partial charge in [0.2, 0.25) is 0 Å². The minimum atomic E-state index is 0.324. The second-order valence-corrected chi connectivity index (χ2v) is 10.4. The van der Waals surface area contributed by atoms with Gasteiger partial charge in [0.25, 0.3) is 0 Å². The molecule has 0 aliphatic carbocycles. The normalized spacial score (nSPS) is 21.1. The van der Waals surface area contributed by atoms with Crippen molar-refractivity contribution in [3.63, 3.8) is 0 Å². The molecule has 0 saturated carbocycles. The Morgan fingerprint density at radius 3 is 2.90 bits per heavy atom. The third-order valence-electron chi connectivity index (χ3n) is 5.23. The molecule has 2 atom stereocenters. The number of anilines is 2. The van der Waals surface area contributed by atoms with Gasteiger partial charge in [-0.15, -0.1) is 0 Å². The predicted octanol–water partition coefficient (Wildman–Crippen LogP) is 4.16. The fourth-order valence-electron chi connectivity index (χ4n) is 3.75. The van der Waals surface area contributed by atoms with Crippen molar-refractivity contribution in [1.82, 2.24) is 19.6 Å². The second kappa shape index (κ2) is 9.09. The van der Waals surface area contributed by atoms with E-state index in [1.54, 1.807) is 10.6 Å². The first-order chi connectivity index (χ1) is 14.5.